The van der Waals surface area contributed by atoms with Gasteiger partial charge in [-0.3, -0.25) is 19.3 Å². The molecular formula is C23H25N3O7. The Morgan fingerprint density at radius 2 is 1.85 bits per heavy atom. The number of imide groups is 1. The molecule has 33 heavy (non-hydrogen) atoms. The largest absolute Gasteiger partial charge is 0.465 e. The van der Waals surface area contributed by atoms with Gasteiger partial charge in [-0.25, -0.2) is 9.69 Å². The summed E-state index contributed by atoms with van der Waals surface area (Å²) < 4.78 is 15.3. The highest BCUT2D eigenvalue weighted by Crippen LogP contribution is 2.27. The van der Waals surface area contributed by atoms with Crippen molar-refractivity contribution in [2.75, 3.05) is 51.4 Å². The molecule has 10 heteroatoms. The fraction of sp³-hybridized carbons (Fsp3) is 0.391. The zero-order valence-electron chi connectivity index (χ0n) is 18.3. The topological polar surface area (TPSA) is 110 Å². The molecule has 2 saturated heterocycles. The van der Waals surface area contributed by atoms with Gasteiger partial charge in [0.2, 0.25) is 5.91 Å². The first-order valence-electron chi connectivity index (χ1n) is 10.7. The van der Waals surface area contributed by atoms with Gasteiger partial charge in [-0.2, -0.15) is 0 Å². The summed E-state index contributed by atoms with van der Waals surface area (Å²) in [7, 11) is 1.27. The van der Waals surface area contributed by atoms with E-state index in [1.54, 1.807) is 6.07 Å². The lowest BCUT2D eigenvalue weighted by molar-refractivity contribution is -0.122. The first-order valence-corrected chi connectivity index (χ1v) is 10.7. The molecule has 1 aromatic heterocycles. The van der Waals surface area contributed by atoms with Crippen molar-refractivity contribution in [2.24, 2.45) is 0 Å². The third-order valence-electron chi connectivity index (χ3n) is 5.80. The van der Waals surface area contributed by atoms with Crippen molar-refractivity contribution in [1.29, 1.82) is 0 Å². The van der Waals surface area contributed by atoms with E-state index in [9.17, 15) is 19.2 Å². The maximum absolute atomic E-state index is 13.3. The molecule has 2 fully saturated rings. The molecule has 2 aliphatic rings. The molecule has 2 aliphatic heterocycles. The Hall–Kier alpha value is -3.50. The van der Waals surface area contributed by atoms with Crippen LogP contribution in [-0.2, 0) is 19.1 Å². The minimum absolute atomic E-state index is 0.109. The Morgan fingerprint density at radius 1 is 1.12 bits per heavy atom. The van der Waals surface area contributed by atoms with Crippen LogP contribution in [0.1, 0.15) is 27.3 Å². The van der Waals surface area contributed by atoms with Gasteiger partial charge < -0.3 is 18.8 Å². The zero-order chi connectivity index (χ0) is 23.4. The summed E-state index contributed by atoms with van der Waals surface area (Å²) in [5.41, 5.74) is 0.635. The van der Waals surface area contributed by atoms with E-state index in [0.29, 0.717) is 31.0 Å². The lowest BCUT2D eigenvalue weighted by Crippen LogP contribution is -2.49. The maximum Gasteiger partial charge on any atom is 0.337 e. The van der Waals surface area contributed by atoms with Crippen LogP contribution in [0.5, 0.6) is 0 Å². The third kappa shape index (κ3) is 4.81. The number of hydrogen-bond donors (Lipinski definition) is 0. The predicted octanol–water partition coefficient (Wildman–Crippen LogP) is 1.17. The van der Waals surface area contributed by atoms with E-state index < -0.39 is 29.7 Å². The van der Waals surface area contributed by atoms with Crippen LogP contribution in [0, 0.1) is 0 Å². The molecular weight excluding hydrogens is 430 g/mol. The summed E-state index contributed by atoms with van der Waals surface area (Å²) in [6.45, 7) is 3.50. The number of ether oxygens (including phenoxy) is 2. The first-order chi connectivity index (χ1) is 16.0. The fourth-order valence-electron chi connectivity index (χ4n) is 4.01. The number of carbonyl (C=O) groups is 4. The van der Waals surface area contributed by atoms with Crippen molar-refractivity contribution in [2.45, 2.75) is 12.5 Å². The highest BCUT2D eigenvalue weighted by atomic mass is 16.5. The Kier molecular flexibility index (Phi) is 6.85. The summed E-state index contributed by atoms with van der Waals surface area (Å²) in [5, 5.41) is 0. The fourth-order valence-corrected chi connectivity index (χ4v) is 4.01. The minimum Gasteiger partial charge on any atom is -0.465 e. The van der Waals surface area contributed by atoms with Crippen LogP contribution in [0.2, 0.25) is 0 Å². The van der Waals surface area contributed by atoms with Gasteiger partial charge in [0, 0.05) is 26.2 Å². The van der Waals surface area contributed by atoms with Gasteiger partial charge in [0.25, 0.3) is 11.8 Å². The molecule has 0 radical (unpaired) electrons. The summed E-state index contributed by atoms with van der Waals surface area (Å²) in [5.74, 6) is -1.76. The number of furan rings is 1. The lowest BCUT2D eigenvalue weighted by atomic mass is 10.2. The average Bonchev–Trinajstić information content (AvgIpc) is 3.48. The monoisotopic (exact) mass is 455 g/mol. The predicted molar refractivity (Wildman–Crippen MR) is 116 cm³/mol. The Labute approximate surface area is 190 Å². The number of esters is 1. The highest BCUT2D eigenvalue weighted by molar-refractivity contribution is 6.23. The van der Waals surface area contributed by atoms with E-state index in [2.05, 4.69) is 9.64 Å². The molecule has 4 rings (SSSR count). The second kappa shape index (κ2) is 9.97. The molecule has 0 spiro atoms. The molecule has 3 amide bonds. The molecule has 3 heterocycles. The minimum atomic E-state index is -0.948. The van der Waals surface area contributed by atoms with Gasteiger partial charge >= 0.3 is 5.97 Å². The van der Waals surface area contributed by atoms with Crippen LogP contribution in [0.4, 0.5) is 5.69 Å². The standard InChI is InChI=1S/C23H25N3O7/c1-31-23(30)16-4-6-17(7-5-16)26-20(27)15-18(21(26)28)25(22(29)19-3-2-12-33-19)9-8-24-10-13-32-14-11-24/h2-7,12,18H,8-11,13-15H2,1H3. The van der Waals surface area contributed by atoms with Crippen molar-refractivity contribution in [3.05, 3.63) is 54.0 Å². The van der Waals surface area contributed by atoms with E-state index in [1.165, 1.54) is 48.6 Å². The normalized spacial score (nSPS) is 19.1. The number of amides is 3. The number of anilines is 1. The average molecular weight is 455 g/mol. The number of benzene rings is 1. The summed E-state index contributed by atoms with van der Waals surface area (Å²) >= 11 is 0. The van der Waals surface area contributed by atoms with Crippen LogP contribution in [0.3, 0.4) is 0 Å². The van der Waals surface area contributed by atoms with Crippen molar-refractivity contribution >= 4 is 29.4 Å². The molecule has 174 valence electrons. The van der Waals surface area contributed by atoms with Crippen molar-refractivity contribution in [1.82, 2.24) is 9.80 Å². The number of methoxy groups -OCH3 is 1. The Bertz CT molecular complexity index is 1010. The molecule has 0 aliphatic carbocycles. The quantitative estimate of drug-likeness (QED) is 0.452. The Morgan fingerprint density at radius 3 is 2.48 bits per heavy atom. The van der Waals surface area contributed by atoms with Gasteiger partial charge in [0.15, 0.2) is 5.76 Å². The maximum atomic E-state index is 13.3. The SMILES string of the molecule is COC(=O)c1ccc(N2C(=O)CC(N(CCN3CCOCC3)C(=O)c3ccco3)C2=O)cc1. The molecule has 0 N–H and O–H groups in total. The van der Waals surface area contributed by atoms with Crippen molar-refractivity contribution in [3.8, 4) is 0 Å². The number of hydrogen-bond acceptors (Lipinski definition) is 8. The molecule has 1 atom stereocenters. The second-order valence-electron chi connectivity index (χ2n) is 7.76. The summed E-state index contributed by atoms with van der Waals surface area (Å²) in [6.07, 6.45) is 1.26. The zero-order valence-corrected chi connectivity index (χ0v) is 18.3. The lowest BCUT2D eigenvalue weighted by Gasteiger charge is -2.31. The molecule has 10 nitrogen and oxygen atoms in total. The highest BCUT2D eigenvalue weighted by Gasteiger charge is 2.45. The van der Waals surface area contributed by atoms with Gasteiger partial charge in [0.1, 0.15) is 6.04 Å². The summed E-state index contributed by atoms with van der Waals surface area (Å²) in [4.78, 5) is 55.6. The van der Waals surface area contributed by atoms with Gasteiger partial charge in [-0.15, -0.1) is 0 Å². The van der Waals surface area contributed by atoms with E-state index in [1.807, 2.05) is 0 Å². The summed E-state index contributed by atoms with van der Waals surface area (Å²) in [6, 6.07) is 8.18. The number of nitrogens with zero attached hydrogens (tertiary/aromatic N) is 3. The molecule has 1 aromatic carbocycles. The third-order valence-corrected chi connectivity index (χ3v) is 5.80. The van der Waals surface area contributed by atoms with E-state index in [0.717, 1.165) is 18.0 Å². The smallest absolute Gasteiger partial charge is 0.337 e. The molecule has 1 unspecified atom stereocenters. The van der Waals surface area contributed by atoms with Crippen molar-refractivity contribution < 1.29 is 33.1 Å². The Balaban J connectivity index is 1.54. The van der Waals surface area contributed by atoms with Gasteiger partial charge in [-0.1, -0.05) is 0 Å². The van der Waals surface area contributed by atoms with E-state index in [4.69, 9.17) is 9.15 Å². The van der Waals surface area contributed by atoms with Gasteiger partial charge in [-0.05, 0) is 36.4 Å². The molecule has 0 bridgehead atoms. The molecule has 2 aromatic rings. The van der Waals surface area contributed by atoms with Gasteiger partial charge in [0.05, 0.1) is 44.3 Å². The van der Waals surface area contributed by atoms with E-state index >= 15 is 0 Å². The number of carbonyl (C=O) groups excluding carboxylic acids is 4. The van der Waals surface area contributed by atoms with E-state index in [-0.39, 0.29) is 18.7 Å². The second-order valence-corrected chi connectivity index (χ2v) is 7.76. The van der Waals surface area contributed by atoms with Crippen molar-refractivity contribution in [3.63, 3.8) is 0 Å². The van der Waals surface area contributed by atoms with Crippen LogP contribution < -0.4 is 4.90 Å². The number of morpholine rings is 1. The van der Waals surface area contributed by atoms with Crippen LogP contribution >= 0.6 is 0 Å². The van der Waals surface area contributed by atoms with Crippen LogP contribution in [-0.4, -0.2) is 86.0 Å². The van der Waals surface area contributed by atoms with Crippen LogP contribution in [0.15, 0.2) is 47.1 Å². The number of rotatable bonds is 7. The van der Waals surface area contributed by atoms with Crippen LogP contribution in [0.25, 0.3) is 0 Å². The first kappa shape index (κ1) is 22.7. The molecule has 0 saturated carbocycles.